The third-order valence-corrected chi connectivity index (χ3v) is 5.70. The van der Waals surface area contributed by atoms with Gasteiger partial charge in [-0.2, -0.15) is 0 Å². The molecule has 1 saturated heterocycles. The Labute approximate surface area is 178 Å². The van der Waals surface area contributed by atoms with E-state index in [0.29, 0.717) is 6.61 Å². The molecule has 29 heavy (non-hydrogen) atoms. The number of rotatable bonds is 19. The molecule has 1 fully saturated rings. The second kappa shape index (κ2) is 18.3. The van der Waals surface area contributed by atoms with Crippen LogP contribution in [0.5, 0.6) is 0 Å². The first-order valence-corrected chi connectivity index (χ1v) is 12.1. The van der Waals surface area contributed by atoms with Crippen LogP contribution < -0.4 is 0 Å². The van der Waals surface area contributed by atoms with Crippen molar-refractivity contribution in [3.8, 4) is 0 Å². The van der Waals surface area contributed by atoms with E-state index < -0.39 is 24.4 Å². The summed E-state index contributed by atoms with van der Waals surface area (Å²) in [5, 5.41) is 28.7. The van der Waals surface area contributed by atoms with Gasteiger partial charge in [-0.25, -0.2) is 0 Å². The summed E-state index contributed by atoms with van der Waals surface area (Å²) < 4.78 is 11.0. The Hall–Kier alpha value is -0.460. The summed E-state index contributed by atoms with van der Waals surface area (Å²) in [6, 6.07) is 0. The van der Waals surface area contributed by atoms with Crippen molar-refractivity contribution >= 4 is 0 Å². The summed E-state index contributed by atoms with van der Waals surface area (Å²) in [5.74, 6) is 0. The maximum absolute atomic E-state index is 9.89. The molecule has 3 N–H and O–H groups in total. The third-order valence-electron chi connectivity index (χ3n) is 5.70. The summed E-state index contributed by atoms with van der Waals surface area (Å²) in [4.78, 5) is 0. The Morgan fingerprint density at radius 1 is 0.897 bits per heavy atom. The van der Waals surface area contributed by atoms with Gasteiger partial charge in [-0.05, 0) is 25.7 Å². The van der Waals surface area contributed by atoms with Crippen LogP contribution in [0.4, 0.5) is 0 Å². The number of unbranched alkanes of at least 4 members (excludes halogenated alkanes) is 12. The molecule has 0 aromatic carbocycles. The molecule has 5 heteroatoms. The van der Waals surface area contributed by atoms with Gasteiger partial charge in [0.05, 0.1) is 13.2 Å². The van der Waals surface area contributed by atoms with Crippen LogP contribution in [-0.4, -0.2) is 59.6 Å². The van der Waals surface area contributed by atoms with Crippen LogP contribution >= 0.6 is 0 Å². The molecule has 0 saturated carbocycles. The number of aliphatic hydroxyl groups is 3. The lowest BCUT2D eigenvalue weighted by molar-refractivity contribution is -0.0938. The molecular formula is C24H46O5. The first-order chi connectivity index (χ1) is 14.2. The number of ether oxygens (including phenoxy) is 2. The Morgan fingerprint density at radius 3 is 2.03 bits per heavy atom. The number of hydrogen-bond acceptors (Lipinski definition) is 5. The SMILES string of the molecule is CCCC/C=C/CCCCCCCCCCCCO[C@@H]1[C@H]([C@@H](O)CO)OC[C@H]1O. The fraction of sp³-hybridized carbons (Fsp3) is 0.917. The molecule has 0 bridgehead atoms. The van der Waals surface area contributed by atoms with E-state index in [1.165, 1.54) is 77.0 Å². The van der Waals surface area contributed by atoms with Crippen LogP contribution in [0.2, 0.25) is 0 Å². The molecule has 5 nitrogen and oxygen atoms in total. The maximum atomic E-state index is 9.89. The molecule has 0 radical (unpaired) electrons. The van der Waals surface area contributed by atoms with Gasteiger partial charge < -0.3 is 24.8 Å². The molecule has 1 heterocycles. The van der Waals surface area contributed by atoms with Crippen molar-refractivity contribution in [1.29, 1.82) is 0 Å². The summed E-state index contributed by atoms with van der Waals surface area (Å²) >= 11 is 0. The molecule has 4 atom stereocenters. The number of allylic oxidation sites excluding steroid dienone is 2. The van der Waals surface area contributed by atoms with Gasteiger partial charge >= 0.3 is 0 Å². The van der Waals surface area contributed by atoms with E-state index in [-0.39, 0.29) is 13.2 Å². The van der Waals surface area contributed by atoms with Gasteiger partial charge in [0.1, 0.15) is 24.4 Å². The maximum Gasteiger partial charge on any atom is 0.114 e. The molecule has 0 aromatic heterocycles. The van der Waals surface area contributed by atoms with Gasteiger partial charge in [-0.15, -0.1) is 0 Å². The van der Waals surface area contributed by atoms with Gasteiger partial charge in [-0.1, -0.05) is 83.3 Å². The van der Waals surface area contributed by atoms with Crippen LogP contribution in [0, 0.1) is 0 Å². The third kappa shape index (κ3) is 12.7. The van der Waals surface area contributed by atoms with Crippen molar-refractivity contribution in [2.45, 2.75) is 121 Å². The fourth-order valence-corrected chi connectivity index (χ4v) is 3.81. The molecule has 0 aliphatic carbocycles. The average Bonchev–Trinajstić information content (AvgIpc) is 3.10. The summed E-state index contributed by atoms with van der Waals surface area (Å²) in [7, 11) is 0. The Balaban J connectivity index is 1.85. The van der Waals surface area contributed by atoms with E-state index in [4.69, 9.17) is 14.6 Å². The van der Waals surface area contributed by atoms with Crippen molar-refractivity contribution in [2.75, 3.05) is 19.8 Å². The highest BCUT2D eigenvalue weighted by Gasteiger charge is 2.40. The first-order valence-electron chi connectivity index (χ1n) is 12.1. The first kappa shape index (κ1) is 26.6. The van der Waals surface area contributed by atoms with Gasteiger partial charge in [0.2, 0.25) is 0 Å². The highest BCUT2D eigenvalue weighted by molar-refractivity contribution is 4.89. The monoisotopic (exact) mass is 414 g/mol. The lowest BCUT2D eigenvalue weighted by Gasteiger charge is -2.23. The minimum atomic E-state index is -1.00. The largest absolute Gasteiger partial charge is 0.394 e. The van der Waals surface area contributed by atoms with E-state index in [1.807, 2.05) is 0 Å². The Bertz CT molecular complexity index is 387. The van der Waals surface area contributed by atoms with E-state index >= 15 is 0 Å². The smallest absolute Gasteiger partial charge is 0.114 e. The van der Waals surface area contributed by atoms with Gasteiger partial charge in [0.25, 0.3) is 0 Å². The topological polar surface area (TPSA) is 79.2 Å². The van der Waals surface area contributed by atoms with Crippen molar-refractivity contribution in [3.63, 3.8) is 0 Å². The zero-order chi connectivity index (χ0) is 21.2. The van der Waals surface area contributed by atoms with Crippen LogP contribution in [0.1, 0.15) is 96.8 Å². The zero-order valence-corrected chi connectivity index (χ0v) is 18.6. The van der Waals surface area contributed by atoms with Crippen molar-refractivity contribution in [2.24, 2.45) is 0 Å². The average molecular weight is 415 g/mol. The molecule has 0 unspecified atom stereocenters. The Kier molecular flexibility index (Phi) is 16.8. The van der Waals surface area contributed by atoms with E-state index in [1.54, 1.807) is 0 Å². The lowest BCUT2D eigenvalue weighted by atomic mass is 10.1. The fourth-order valence-electron chi connectivity index (χ4n) is 3.81. The predicted molar refractivity (Wildman–Crippen MR) is 118 cm³/mol. The molecule has 1 aliphatic heterocycles. The van der Waals surface area contributed by atoms with Crippen LogP contribution in [0.25, 0.3) is 0 Å². The Morgan fingerprint density at radius 2 is 1.45 bits per heavy atom. The summed E-state index contributed by atoms with van der Waals surface area (Å²) in [6.45, 7) is 2.57. The highest BCUT2D eigenvalue weighted by Crippen LogP contribution is 2.21. The van der Waals surface area contributed by atoms with Crippen LogP contribution in [0.3, 0.4) is 0 Å². The van der Waals surface area contributed by atoms with Crippen LogP contribution in [-0.2, 0) is 9.47 Å². The van der Waals surface area contributed by atoms with Crippen molar-refractivity contribution < 1.29 is 24.8 Å². The van der Waals surface area contributed by atoms with Gasteiger partial charge in [-0.3, -0.25) is 0 Å². The zero-order valence-electron chi connectivity index (χ0n) is 18.6. The van der Waals surface area contributed by atoms with Gasteiger partial charge in [0.15, 0.2) is 0 Å². The van der Waals surface area contributed by atoms with E-state index in [2.05, 4.69) is 19.1 Å². The highest BCUT2D eigenvalue weighted by atomic mass is 16.6. The van der Waals surface area contributed by atoms with Crippen molar-refractivity contribution in [1.82, 2.24) is 0 Å². The molecule has 0 amide bonds. The molecular weight excluding hydrogens is 368 g/mol. The molecule has 0 spiro atoms. The molecule has 1 rings (SSSR count). The van der Waals surface area contributed by atoms with Crippen molar-refractivity contribution in [3.05, 3.63) is 12.2 Å². The quantitative estimate of drug-likeness (QED) is 0.214. The molecule has 1 aliphatic rings. The number of aliphatic hydroxyl groups excluding tert-OH is 3. The second-order valence-corrected chi connectivity index (χ2v) is 8.39. The number of hydrogen-bond donors (Lipinski definition) is 3. The standard InChI is InChI=1S/C24H46O5/c1-2-3-4-5-6-7-8-9-10-11-12-13-14-15-16-17-18-28-24-22(27)20-29-23(24)21(26)19-25/h5-6,21-27H,2-4,7-20H2,1H3/b6-5+/t21-,22+,23-,24-/m0/s1. The van der Waals surface area contributed by atoms with Crippen LogP contribution in [0.15, 0.2) is 12.2 Å². The minimum Gasteiger partial charge on any atom is -0.394 e. The summed E-state index contributed by atoms with van der Waals surface area (Å²) in [6.07, 6.45) is 19.6. The van der Waals surface area contributed by atoms with Gasteiger partial charge in [0, 0.05) is 6.61 Å². The lowest BCUT2D eigenvalue weighted by Crippen LogP contribution is -2.42. The van der Waals surface area contributed by atoms with E-state index in [9.17, 15) is 10.2 Å². The second-order valence-electron chi connectivity index (χ2n) is 8.39. The summed E-state index contributed by atoms with van der Waals surface area (Å²) in [5.41, 5.74) is 0. The normalized spacial score (nSPS) is 23.2. The van der Waals surface area contributed by atoms with E-state index in [0.717, 1.165) is 12.8 Å². The minimum absolute atomic E-state index is 0.155. The molecule has 172 valence electrons. The predicted octanol–water partition coefficient (Wildman–Crippen LogP) is 4.52. The molecule has 0 aromatic rings.